The number of aromatic amines is 1. The van der Waals surface area contributed by atoms with Crippen LogP contribution in [0.2, 0.25) is 0 Å². The Balaban J connectivity index is 1.89. The van der Waals surface area contributed by atoms with Crippen LogP contribution < -0.4 is 10.3 Å². The van der Waals surface area contributed by atoms with Crippen molar-refractivity contribution in [2.45, 2.75) is 6.92 Å². The lowest BCUT2D eigenvalue weighted by Crippen LogP contribution is -2.18. The molecule has 0 aliphatic heterocycles. The van der Waals surface area contributed by atoms with E-state index in [1.54, 1.807) is 13.2 Å². The van der Waals surface area contributed by atoms with Crippen molar-refractivity contribution in [3.05, 3.63) is 106 Å². The van der Waals surface area contributed by atoms with Crippen LogP contribution in [0.1, 0.15) is 21.5 Å². The molecule has 0 atom stereocenters. The lowest BCUT2D eigenvalue weighted by Gasteiger charge is -2.12. The normalized spacial score (nSPS) is 11.1. The van der Waals surface area contributed by atoms with Crippen LogP contribution in [0.5, 0.6) is 5.75 Å². The number of hydrogen-bond donors (Lipinski definition) is 1. The molecule has 1 heterocycles. The molecule has 0 aliphatic rings. The van der Waals surface area contributed by atoms with Gasteiger partial charge in [0.1, 0.15) is 5.75 Å². The quantitative estimate of drug-likeness (QED) is 0.363. The summed E-state index contributed by atoms with van der Waals surface area (Å²) >= 11 is 0. The fourth-order valence-corrected chi connectivity index (χ4v) is 3.55. The topological polar surface area (TPSA) is 59.2 Å². The van der Waals surface area contributed by atoms with E-state index in [4.69, 9.17) is 4.74 Å². The monoisotopic (exact) mass is 395 g/mol. The molecule has 0 bridgehead atoms. The Kier molecular flexibility index (Phi) is 5.31. The summed E-state index contributed by atoms with van der Waals surface area (Å²) in [6.07, 6.45) is 3.13. The van der Waals surface area contributed by atoms with Gasteiger partial charge >= 0.3 is 0 Å². The van der Waals surface area contributed by atoms with Gasteiger partial charge in [0.2, 0.25) is 0 Å². The van der Waals surface area contributed by atoms with Crippen molar-refractivity contribution in [2.24, 2.45) is 0 Å². The Morgan fingerprint density at radius 2 is 1.77 bits per heavy atom. The largest absolute Gasteiger partial charge is 0.497 e. The Labute approximate surface area is 174 Å². The van der Waals surface area contributed by atoms with Gasteiger partial charge in [-0.25, -0.2) is 0 Å². The number of hydrogen-bond acceptors (Lipinski definition) is 3. The van der Waals surface area contributed by atoms with E-state index >= 15 is 0 Å². The molecule has 30 heavy (non-hydrogen) atoms. The third-order valence-electron chi connectivity index (χ3n) is 5.00. The lowest BCUT2D eigenvalue weighted by molar-refractivity contribution is 0.104. The highest BCUT2D eigenvalue weighted by molar-refractivity contribution is 6.15. The number of aromatic nitrogens is 1. The van der Waals surface area contributed by atoms with E-state index in [0.29, 0.717) is 16.8 Å². The summed E-state index contributed by atoms with van der Waals surface area (Å²) in [6.45, 7) is 1.99. The van der Waals surface area contributed by atoms with E-state index in [-0.39, 0.29) is 11.3 Å². The predicted octanol–water partition coefficient (Wildman–Crippen LogP) is 5.41. The maximum absolute atomic E-state index is 13.2. The number of pyridine rings is 1. The number of fused-ring (bicyclic) bond motifs is 1. The van der Waals surface area contributed by atoms with Crippen molar-refractivity contribution in [1.29, 1.82) is 0 Å². The summed E-state index contributed by atoms with van der Waals surface area (Å²) in [6, 6.07) is 22.7. The molecule has 3 aromatic carbocycles. The van der Waals surface area contributed by atoms with Crippen LogP contribution in [0.25, 0.3) is 28.1 Å². The van der Waals surface area contributed by atoms with E-state index in [9.17, 15) is 9.59 Å². The molecule has 0 amide bonds. The maximum atomic E-state index is 13.2. The second-order valence-corrected chi connectivity index (χ2v) is 7.09. The third kappa shape index (κ3) is 3.80. The zero-order valence-corrected chi connectivity index (χ0v) is 16.8. The molecular formula is C26H21NO3. The smallest absolute Gasteiger partial charge is 0.260 e. The van der Waals surface area contributed by atoms with E-state index in [2.05, 4.69) is 4.98 Å². The minimum Gasteiger partial charge on any atom is -0.497 e. The fraction of sp³-hybridized carbons (Fsp3) is 0.0769. The molecule has 4 heteroatoms. The number of carbonyl (C=O) groups is 1. The summed E-state index contributed by atoms with van der Waals surface area (Å²) in [5, 5.41) is 0.846. The zero-order valence-electron chi connectivity index (χ0n) is 16.8. The Morgan fingerprint density at radius 3 is 2.53 bits per heavy atom. The Hall–Kier alpha value is -3.92. The van der Waals surface area contributed by atoms with Gasteiger partial charge in [0, 0.05) is 16.5 Å². The summed E-state index contributed by atoms with van der Waals surface area (Å²) in [5.41, 5.74) is 3.80. The number of rotatable bonds is 5. The molecule has 1 aromatic heterocycles. The van der Waals surface area contributed by atoms with Gasteiger partial charge in [0.05, 0.1) is 12.7 Å². The van der Waals surface area contributed by atoms with Crippen LogP contribution in [0.4, 0.5) is 0 Å². The molecule has 0 radical (unpaired) electrons. The molecular weight excluding hydrogens is 374 g/mol. The van der Waals surface area contributed by atoms with Gasteiger partial charge in [-0.05, 0) is 48.4 Å². The lowest BCUT2D eigenvalue weighted by atomic mass is 9.93. The number of ether oxygens (including phenoxy) is 1. The van der Waals surface area contributed by atoms with Gasteiger partial charge in [0.25, 0.3) is 5.56 Å². The van der Waals surface area contributed by atoms with Crippen molar-refractivity contribution >= 4 is 22.8 Å². The van der Waals surface area contributed by atoms with Crippen molar-refractivity contribution in [1.82, 2.24) is 4.98 Å². The van der Waals surface area contributed by atoms with Gasteiger partial charge in [-0.15, -0.1) is 0 Å². The number of ketones is 1. The molecule has 0 saturated heterocycles. The van der Waals surface area contributed by atoms with E-state index in [1.165, 1.54) is 6.08 Å². The van der Waals surface area contributed by atoms with Crippen LogP contribution in [-0.2, 0) is 0 Å². The summed E-state index contributed by atoms with van der Waals surface area (Å²) < 4.78 is 5.23. The molecule has 0 aliphatic carbocycles. The first-order valence-corrected chi connectivity index (χ1v) is 9.65. The molecule has 0 fully saturated rings. The molecule has 0 unspecified atom stereocenters. The first-order chi connectivity index (χ1) is 14.6. The van der Waals surface area contributed by atoms with Gasteiger partial charge in [-0.1, -0.05) is 60.2 Å². The van der Waals surface area contributed by atoms with Gasteiger partial charge in [-0.2, -0.15) is 0 Å². The number of benzene rings is 3. The predicted molar refractivity (Wildman–Crippen MR) is 121 cm³/mol. The van der Waals surface area contributed by atoms with E-state index in [0.717, 1.165) is 22.1 Å². The number of allylic oxidation sites excluding steroid dienone is 1. The fourth-order valence-electron chi connectivity index (χ4n) is 3.55. The summed E-state index contributed by atoms with van der Waals surface area (Å²) in [4.78, 5) is 29.0. The average Bonchev–Trinajstić information content (AvgIpc) is 2.77. The van der Waals surface area contributed by atoms with Crippen LogP contribution >= 0.6 is 0 Å². The molecule has 1 N–H and O–H groups in total. The van der Waals surface area contributed by atoms with Gasteiger partial charge in [0.15, 0.2) is 5.78 Å². The number of carbonyl (C=O) groups excluding carboxylic acids is 1. The molecule has 0 saturated carbocycles. The van der Waals surface area contributed by atoms with E-state index in [1.807, 2.05) is 79.7 Å². The SMILES string of the molecule is COc1cccc(/C=C/C(=O)c2c(-c3ccccc3)c3cc(C)ccc3[nH]c2=O)c1. The van der Waals surface area contributed by atoms with Crippen molar-refractivity contribution in [2.75, 3.05) is 7.11 Å². The Morgan fingerprint density at radius 1 is 0.967 bits per heavy atom. The van der Waals surface area contributed by atoms with Gasteiger partial charge < -0.3 is 9.72 Å². The summed E-state index contributed by atoms with van der Waals surface area (Å²) in [7, 11) is 1.59. The van der Waals surface area contributed by atoms with Crippen molar-refractivity contribution in [3.8, 4) is 16.9 Å². The highest BCUT2D eigenvalue weighted by Crippen LogP contribution is 2.30. The van der Waals surface area contributed by atoms with Crippen LogP contribution in [0.3, 0.4) is 0 Å². The first kappa shape index (κ1) is 19.4. The van der Waals surface area contributed by atoms with Gasteiger partial charge in [-0.3, -0.25) is 9.59 Å². The number of methoxy groups -OCH3 is 1. The highest BCUT2D eigenvalue weighted by Gasteiger charge is 2.19. The number of aryl methyl sites for hydroxylation is 1. The molecule has 148 valence electrons. The molecule has 4 rings (SSSR count). The van der Waals surface area contributed by atoms with Crippen LogP contribution in [-0.4, -0.2) is 17.9 Å². The second-order valence-electron chi connectivity index (χ2n) is 7.09. The number of nitrogens with one attached hydrogen (secondary N) is 1. The van der Waals surface area contributed by atoms with Crippen molar-refractivity contribution in [3.63, 3.8) is 0 Å². The maximum Gasteiger partial charge on any atom is 0.260 e. The average molecular weight is 395 g/mol. The first-order valence-electron chi connectivity index (χ1n) is 9.65. The molecule has 4 aromatic rings. The third-order valence-corrected chi connectivity index (χ3v) is 5.00. The Bertz CT molecular complexity index is 1320. The summed E-state index contributed by atoms with van der Waals surface area (Å²) in [5.74, 6) is 0.356. The van der Waals surface area contributed by atoms with Crippen LogP contribution in [0.15, 0.2) is 83.7 Å². The standard InChI is InChI=1S/C26H21NO3/c1-17-11-13-22-21(15-17)24(19-8-4-3-5-9-19)25(26(29)27-22)23(28)14-12-18-7-6-10-20(16-18)30-2/h3-16H,1-2H3,(H,27,29)/b14-12+. The van der Waals surface area contributed by atoms with E-state index < -0.39 is 5.56 Å². The highest BCUT2D eigenvalue weighted by atomic mass is 16.5. The number of H-pyrrole nitrogens is 1. The van der Waals surface area contributed by atoms with Crippen molar-refractivity contribution < 1.29 is 9.53 Å². The molecule has 4 nitrogen and oxygen atoms in total. The zero-order chi connectivity index (χ0) is 21.1. The van der Waals surface area contributed by atoms with Crippen LogP contribution in [0, 0.1) is 6.92 Å². The second kappa shape index (κ2) is 8.21. The minimum absolute atomic E-state index is 0.137. The minimum atomic E-state index is -0.398. The molecule has 0 spiro atoms.